The first-order chi connectivity index (χ1) is 5.61. The largest absolute Gasteiger partial charge is 0.478 e. The molecule has 1 aromatic carbocycles. The summed E-state index contributed by atoms with van der Waals surface area (Å²) >= 11 is 0. The van der Waals surface area contributed by atoms with Crippen molar-refractivity contribution >= 4 is 21.8 Å². The second kappa shape index (κ2) is 4.58. The zero-order valence-corrected chi connectivity index (χ0v) is 8.14. The molecule has 70 valence electrons. The minimum Gasteiger partial charge on any atom is -0.478 e. The van der Waals surface area contributed by atoms with Crippen LogP contribution in [0, 0.1) is 0 Å². The summed E-state index contributed by atoms with van der Waals surface area (Å²) in [5, 5.41) is 17.0. The molecule has 5 heteroatoms. The zero-order chi connectivity index (χ0) is 9.14. The number of rotatable bonds is 2. The maximum atomic E-state index is 10.4. The fraction of sp³-hybridized carbons (Fsp3) is 0. The number of carboxylic acid groups (broad SMARTS) is 2. The first kappa shape index (κ1) is 11.6. The van der Waals surface area contributed by atoms with Crippen LogP contribution in [-0.2, 0) is 0 Å². The Morgan fingerprint density at radius 1 is 1.00 bits per heavy atom. The number of hydrogen-bond donors (Lipinski definition) is 2. The molecule has 0 aliphatic carbocycles. The molecule has 1 aromatic rings. The molecular formula is C8H9O4P. The molecule has 13 heavy (non-hydrogen) atoms. The van der Waals surface area contributed by atoms with E-state index in [2.05, 4.69) is 0 Å². The van der Waals surface area contributed by atoms with Crippen LogP contribution in [0.15, 0.2) is 24.3 Å². The van der Waals surface area contributed by atoms with Crippen molar-refractivity contribution in [2.75, 3.05) is 0 Å². The smallest absolute Gasteiger partial charge is 0.335 e. The average molecular weight is 200 g/mol. The van der Waals surface area contributed by atoms with E-state index in [4.69, 9.17) is 10.2 Å². The number of carboxylic acids is 2. The Morgan fingerprint density at radius 2 is 1.38 bits per heavy atom. The fourth-order valence-corrected chi connectivity index (χ4v) is 0.785. The third-order valence-corrected chi connectivity index (χ3v) is 1.36. The highest BCUT2D eigenvalue weighted by atomic mass is 31.0. The topological polar surface area (TPSA) is 74.6 Å². The minimum atomic E-state index is -1.13. The second-order valence-corrected chi connectivity index (χ2v) is 2.19. The van der Waals surface area contributed by atoms with Gasteiger partial charge < -0.3 is 10.2 Å². The first-order valence-corrected chi connectivity index (χ1v) is 3.18. The molecular weight excluding hydrogens is 191 g/mol. The van der Waals surface area contributed by atoms with Crippen molar-refractivity contribution in [3.8, 4) is 0 Å². The van der Waals surface area contributed by atoms with Gasteiger partial charge in [-0.25, -0.2) is 9.59 Å². The molecule has 0 fully saturated rings. The van der Waals surface area contributed by atoms with Gasteiger partial charge in [-0.05, 0) is 18.2 Å². The summed E-state index contributed by atoms with van der Waals surface area (Å²) in [4.78, 5) is 20.8. The van der Waals surface area contributed by atoms with E-state index >= 15 is 0 Å². The van der Waals surface area contributed by atoms with E-state index in [9.17, 15) is 9.59 Å². The van der Waals surface area contributed by atoms with Gasteiger partial charge in [0, 0.05) is 0 Å². The van der Waals surface area contributed by atoms with Gasteiger partial charge in [-0.2, -0.15) is 9.90 Å². The van der Waals surface area contributed by atoms with Crippen LogP contribution < -0.4 is 0 Å². The summed E-state index contributed by atoms with van der Waals surface area (Å²) in [6, 6.07) is 5.20. The molecule has 0 heterocycles. The first-order valence-electron chi connectivity index (χ1n) is 3.18. The van der Waals surface area contributed by atoms with E-state index in [1.54, 1.807) is 0 Å². The molecule has 2 N–H and O–H groups in total. The number of carbonyl (C=O) groups is 2. The molecule has 0 saturated heterocycles. The molecule has 0 aliphatic rings. The van der Waals surface area contributed by atoms with Crippen LogP contribution in [0.5, 0.6) is 0 Å². The standard InChI is InChI=1S/C8H6O4.H3P/c9-7(10)5-2-1-3-6(4-5)8(11)12;/h1-4H,(H,9,10)(H,11,12);1H3. The average Bonchev–Trinajstić information content (AvgIpc) is 2.04. The van der Waals surface area contributed by atoms with E-state index in [0.29, 0.717) is 0 Å². The maximum Gasteiger partial charge on any atom is 0.335 e. The van der Waals surface area contributed by atoms with Gasteiger partial charge in [-0.3, -0.25) is 0 Å². The van der Waals surface area contributed by atoms with Crippen molar-refractivity contribution < 1.29 is 19.8 Å². The van der Waals surface area contributed by atoms with Gasteiger partial charge in [-0.15, -0.1) is 0 Å². The lowest BCUT2D eigenvalue weighted by molar-refractivity contribution is 0.0696. The van der Waals surface area contributed by atoms with E-state index < -0.39 is 11.9 Å². The molecule has 0 saturated carbocycles. The maximum absolute atomic E-state index is 10.4. The molecule has 0 aliphatic heterocycles. The van der Waals surface area contributed by atoms with E-state index in [0.717, 1.165) is 6.07 Å². The lowest BCUT2D eigenvalue weighted by atomic mass is 10.1. The highest BCUT2D eigenvalue weighted by Gasteiger charge is 2.06. The molecule has 1 atom stereocenters. The second-order valence-electron chi connectivity index (χ2n) is 2.19. The van der Waals surface area contributed by atoms with Crippen LogP contribution in [0.25, 0.3) is 0 Å². The molecule has 4 nitrogen and oxygen atoms in total. The van der Waals surface area contributed by atoms with E-state index in [1.165, 1.54) is 18.2 Å². The summed E-state index contributed by atoms with van der Waals surface area (Å²) in [6.07, 6.45) is 0. The number of hydrogen-bond acceptors (Lipinski definition) is 2. The molecule has 1 unspecified atom stereocenters. The van der Waals surface area contributed by atoms with Crippen molar-refractivity contribution in [2.45, 2.75) is 0 Å². The van der Waals surface area contributed by atoms with Gasteiger partial charge in [-0.1, -0.05) is 6.07 Å². The van der Waals surface area contributed by atoms with Gasteiger partial charge >= 0.3 is 11.9 Å². The van der Waals surface area contributed by atoms with Crippen molar-refractivity contribution in [3.63, 3.8) is 0 Å². The Bertz CT molecular complexity index is 305. The zero-order valence-electron chi connectivity index (χ0n) is 6.73. The fourth-order valence-electron chi connectivity index (χ4n) is 0.785. The van der Waals surface area contributed by atoms with Crippen LogP contribution in [-0.4, -0.2) is 22.2 Å². The quantitative estimate of drug-likeness (QED) is 0.702. The summed E-state index contributed by atoms with van der Waals surface area (Å²) in [7, 11) is 0. The van der Waals surface area contributed by atoms with Crippen LogP contribution >= 0.6 is 9.90 Å². The predicted octanol–water partition coefficient (Wildman–Crippen LogP) is 1.14. The predicted molar refractivity (Wildman–Crippen MR) is 51.5 cm³/mol. The van der Waals surface area contributed by atoms with Gasteiger partial charge in [0.25, 0.3) is 0 Å². The molecule has 0 spiro atoms. The van der Waals surface area contributed by atoms with Gasteiger partial charge in [0.2, 0.25) is 0 Å². The van der Waals surface area contributed by atoms with Gasteiger partial charge in [0.05, 0.1) is 11.1 Å². The normalized spacial score (nSPS) is 8.62. The van der Waals surface area contributed by atoms with Crippen LogP contribution in [0.3, 0.4) is 0 Å². The Balaban J connectivity index is 0.00000144. The van der Waals surface area contributed by atoms with Crippen molar-refractivity contribution in [3.05, 3.63) is 35.4 Å². The Morgan fingerprint density at radius 3 is 1.69 bits per heavy atom. The molecule has 1 rings (SSSR count). The Kier molecular flexibility index (Phi) is 4.08. The van der Waals surface area contributed by atoms with E-state index in [1.807, 2.05) is 0 Å². The SMILES string of the molecule is O=C(O)c1cccc(C(=O)O)c1.P. The monoisotopic (exact) mass is 200 g/mol. The van der Waals surface area contributed by atoms with Gasteiger partial charge in [0.15, 0.2) is 0 Å². The highest BCUT2D eigenvalue weighted by molar-refractivity contribution is 6.92. The third kappa shape index (κ3) is 2.84. The number of benzene rings is 1. The summed E-state index contributed by atoms with van der Waals surface area (Å²) in [5.74, 6) is -2.25. The lowest BCUT2D eigenvalue weighted by Crippen LogP contribution is -2.01. The van der Waals surface area contributed by atoms with Crippen molar-refractivity contribution in [1.82, 2.24) is 0 Å². The number of aromatic carboxylic acids is 2. The molecule has 0 amide bonds. The summed E-state index contributed by atoms with van der Waals surface area (Å²) in [6.45, 7) is 0. The van der Waals surface area contributed by atoms with Crippen molar-refractivity contribution in [2.24, 2.45) is 0 Å². The van der Waals surface area contributed by atoms with Crippen LogP contribution in [0.4, 0.5) is 0 Å². The molecule has 0 radical (unpaired) electrons. The minimum absolute atomic E-state index is 0. The summed E-state index contributed by atoms with van der Waals surface area (Å²) in [5.41, 5.74) is -0.0372. The third-order valence-electron chi connectivity index (χ3n) is 1.36. The molecule has 0 aromatic heterocycles. The highest BCUT2D eigenvalue weighted by Crippen LogP contribution is 2.04. The summed E-state index contributed by atoms with van der Waals surface area (Å²) < 4.78 is 0. The Hall–Kier alpha value is -1.41. The van der Waals surface area contributed by atoms with Crippen molar-refractivity contribution in [1.29, 1.82) is 0 Å². The van der Waals surface area contributed by atoms with Gasteiger partial charge in [0.1, 0.15) is 0 Å². The lowest BCUT2D eigenvalue weighted by Gasteiger charge is -1.95. The van der Waals surface area contributed by atoms with Crippen LogP contribution in [0.2, 0.25) is 0 Å². The van der Waals surface area contributed by atoms with E-state index in [-0.39, 0.29) is 21.0 Å². The Labute approximate surface area is 77.8 Å². The van der Waals surface area contributed by atoms with Crippen LogP contribution in [0.1, 0.15) is 20.7 Å². The molecule has 0 bridgehead atoms.